The van der Waals surface area contributed by atoms with Gasteiger partial charge in [0.2, 0.25) is 5.91 Å². The lowest BCUT2D eigenvalue weighted by molar-refractivity contribution is -0.122. The van der Waals surface area contributed by atoms with E-state index in [1.807, 2.05) is 0 Å². The molecule has 1 aliphatic carbocycles. The fourth-order valence-electron chi connectivity index (χ4n) is 3.87. The number of benzene rings is 1. The van der Waals surface area contributed by atoms with Crippen LogP contribution in [0.1, 0.15) is 43.2 Å². The van der Waals surface area contributed by atoms with Gasteiger partial charge in [-0.1, -0.05) is 24.3 Å². The molecule has 0 spiro atoms. The molecule has 2 unspecified atom stereocenters. The summed E-state index contributed by atoms with van der Waals surface area (Å²) < 4.78 is 0. The second kappa shape index (κ2) is 9.29. The number of rotatable bonds is 5. The highest BCUT2D eigenvalue weighted by atomic mass is 35.5. The Hall–Kier alpha value is -1.06. The number of amides is 1. The van der Waals surface area contributed by atoms with Crippen molar-refractivity contribution in [1.82, 2.24) is 10.6 Å². The van der Waals surface area contributed by atoms with Crippen LogP contribution in [0.2, 0.25) is 0 Å². The lowest BCUT2D eigenvalue weighted by atomic mass is 9.82. The van der Waals surface area contributed by atoms with E-state index in [0.717, 1.165) is 51.2 Å². The molecule has 0 radical (unpaired) electrons. The first-order valence-corrected chi connectivity index (χ1v) is 8.85. The van der Waals surface area contributed by atoms with E-state index >= 15 is 0 Å². The zero-order valence-electron chi connectivity index (χ0n) is 13.9. The Balaban J connectivity index is 0.00000192. The molecule has 4 heteroatoms. The topological polar surface area (TPSA) is 41.1 Å². The minimum Gasteiger partial charge on any atom is -0.356 e. The summed E-state index contributed by atoms with van der Waals surface area (Å²) in [7, 11) is 0. The van der Waals surface area contributed by atoms with E-state index in [1.165, 1.54) is 24.0 Å². The molecule has 2 aliphatic rings. The summed E-state index contributed by atoms with van der Waals surface area (Å²) >= 11 is 0. The maximum absolute atomic E-state index is 12.1. The van der Waals surface area contributed by atoms with Crippen LogP contribution in [0.3, 0.4) is 0 Å². The average molecular weight is 337 g/mol. The first kappa shape index (κ1) is 18.3. The van der Waals surface area contributed by atoms with Gasteiger partial charge in [0.25, 0.3) is 0 Å². The van der Waals surface area contributed by atoms with Crippen LogP contribution in [-0.2, 0) is 17.6 Å². The summed E-state index contributed by atoms with van der Waals surface area (Å²) in [5, 5.41) is 6.57. The third kappa shape index (κ3) is 5.50. The predicted octanol–water partition coefficient (Wildman–Crippen LogP) is 3.11. The largest absolute Gasteiger partial charge is 0.356 e. The summed E-state index contributed by atoms with van der Waals surface area (Å²) in [6.45, 7) is 3.12. The molecule has 23 heavy (non-hydrogen) atoms. The van der Waals surface area contributed by atoms with Crippen molar-refractivity contribution in [2.75, 3.05) is 19.6 Å². The van der Waals surface area contributed by atoms with Crippen LogP contribution < -0.4 is 10.6 Å². The molecular formula is C19H29ClN2O. The van der Waals surface area contributed by atoms with E-state index < -0.39 is 0 Å². The van der Waals surface area contributed by atoms with Gasteiger partial charge in [0.05, 0.1) is 0 Å². The summed E-state index contributed by atoms with van der Waals surface area (Å²) in [5.41, 5.74) is 2.92. The van der Waals surface area contributed by atoms with Gasteiger partial charge < -0.3 is 10.6 Å². The van der Waals surface area contributed by atoms with Crippen molar-refractivity contribution in [2.45, 2.75) is 44.9 Å². The Kier molecular flexibility index (Phi) is 7.38. The number of carbonyl (C=O) groups excluding carboxylic acids is 1. The predicted molar refractivity (Wildman–Crippen MR) is 97.0 cm³/mol. The highest BCUT2D eigenvalue weighted by Gasteiger charge is 2.21. The number of hydrogen-bond donors (Lipinski definition) is 2. The number of halogens is 1. The molecule has 1 fully saturated rings. The van der Waals surface area contributed by atoms with Crippen molar-refractivity contribution in [3.8, 4) is 0 Å². The average Bonchev–Trinajstić information content (AvgIpc) is 2.56. The minimum atomic E-state index is 0. The van der Waals surface area contributed by atoms with Crippen LogP contribution in [0, 0.1) is 11.8 Å². The molecule has 128 valence electrons. The summed E-state index contributed by atoms with van der Waals surface area (Å²) in [6.07, 6.45) is 7.74. The van der Waals surface area contributed by atoms with Crippen molar-refractivity contribution in [2.24, 2.45) is 11.8 Å². The molecule has 1 heterocycles. The highest BCUT2D eigenvalue weighted by molar-refractivity contribution is 5.85. The Morgan fingerprint density at radius 2 is 2.00 bits per heavy atom. The fraction of sp³-hybridized carbons (Fsp3) is 0.632. The number of hydrogen-bond acceptors (Lipinski definition) is 2. The number of fused-ring (bicyclic) bond motifs is 1. The van der Waals surface area contributed by atoms with E-state index in [-0.39, 0.29) is 18.3 Å². The van der Waals surface area contributed by atoms with Gasteiger partial charge >= 0.3 is 0 Å². The summed E-state index contributed by atoms with van der Waals surface area (Å²) in [4.78, 5) is 12.1. The Labute approximate surface area is 146 Å². The first-order chi connectivity index (χ1) is 10.8. The van der Waals surface area contributed by atoms with E-state index in [0.29, 0.717) is 12.3 Å². The Morgan fingerprint density at radius 3 is 2.78 bits per heavy atom. The SMILES string of the molecule is Cl.O=C(CC1CCc2ccccc2C1)NCCC1CCCNC1. The van der Waals surface area contributed by atoms with Crippen molar-refractivity contribution in [3.63, 3.8) is 0 Å². The zero-order valence-corrected chi connectivity index (χ0v) is 14.7. The van der Waals surface area contributed by atoms with E-state index in [4.69, 9.17) is 0 Å². The summed E-state index contributed by atoms with van der Waals surface area (Å²) in [5.74, 6) is 1.51. The Morgan fingerprint density at radius 1 is 1.17 bits per heavy atom. The van der Waals surface area contributed by atoms with Crippen LogP contribution in [0.25, 0.3) is 0 Å². The van der Waals surface area contributed by atoms with Gasteiger partial charge in [-0.05, 0) is 74.6 Å². The smallest absolute Gasteiger partial charge is 0.220 e. The number of carbonyl (C=O) groups is 1. The van der Waals surface area contributed by atoms with Crippen molar-refractivity contribution in [1.29, 1.82) is 0 Å². The van der Waals surface area contributed by atoms with E-state index in [2.05, 4.69) is 34.9 Å². The van der Waals surface area contributed by atoms with Crippen molar-refractivity contribution >= 4 is 18.3 Å². The first-order valence-electron chi connectivity index (χ1n) is 8.85. The molecular weight excluding hydrogens is 308 g/mol. The molecule has 0 bridgehead atoms. The van der Waals surface area contributed by atoms with E-state index in [9.17, 15) is 4.79 Å². The lowest BCUT2D eigenvalue weighted by Gasteiger charge is -2.25. The molecule has 1 saturated heterocycles. The normalized spacial score (nSPS) is 23.5. The maximum Gasteiger partial charge on any atom is 0.220 e. The molecule has 2 N–H and O–H groups in total. The van der Waals surface area contributed by atoms with Gasteiger partial charge in [0, 0.05) is 13.0 Å². The molecule has 1 amide bonds. The number of piperidine rings is 1. The highest BCUT2D eigenvalue weighted by Crippen LogP contribution is 2.27. The van der Waals surface area contributed by atoms with Gasteiger partial charge in [-0.3, -0.25) is 4.79 Å². The third-order valence-electron chi connectivity index (χ3n) is 5.20. The van der Waals surface area contributed by atoms with Crippen LogP contribution >= 0.6 is 12.4 Å². The molecule has 1 aromatic rings. The second-order valence-electron chi connectivity index (χ2n) is 6.93. The van der Waals surface area contributed by atoms with Gasteiger partial charge in [-0.25, -0.2) is 0 Å². The monoisotopic (exact) mass is 336 g/mol. The molecule has 1 aliphatic heterocycles. The molecule has 0 saturated carbocycles. The molecule has 3 nitrogen and oxygen atoms in total. The van der Waals surface area contributed by atoms with Crippen LogP contribution in [0.4, 0.5) is 0 Å². The molecule has 3 rings (SSSR count). The Bertz CT molecular complexity index is 500. The minimum absolute atomic E-state index is 0. The van der Waals surface area contributed by atoms with Crippen LogP contribution in [-0.4, -0.2) is 25.5 Å². The van der Waals surface area contributed by atoms with Gasteiger partial charge in [-0.15, -0.1) is 12.4 Å². The van der Waals surface area contributed by atoms with Crippen LogP contribution in [0.15, 0.2) is 24.3 Å². The maximum atomic E-state index is 12.1. The zero-order chi connectivity index (χ0) is 15.2. The van der Waals surface area contributed by atoms with Gasteiger partial charge in [0.15, 0.2) is 0 Å². The van der Waals surface area contributed by atoms with Gasteiger partial charge in [-0.2, -0.15) is 0 Å². The van der Waals surface area contributed by atoms with Crippen molar-refractivity contribution < 1.29 is 4.79 Å². The molecule has 2 atom stereocenters. The van der Waals surface area contributed by atoms with E-state index in [1.54, 1.807) is 0 Å². The number of nitrogens with one attached hydrogen (secondary N) is 2. The summed E-state index contributed by atoms with van der Waals surface area (Å²) in [6, 6.07) is 8.67. The standard InChI is InChI=1S/C19H28N2O.ClH/c22-19(21-11-9-15-4-3-10-20-14-15)13-16-7-8-17-5-1-2-6-18(17)12-16;/h1-2,5-6,15-16,20H,3-4,7-14H2,(H,21,22);1H. The third-order valence-corrected chi connectivity index (χ3v) is 5.20. The molecule has 1 aromatic carbocycles. The fourth-order valence-corrected chi connectivity index (χ4v) is 3.87. The number of aryl methyl sites for hydroxylation is 1. The van der Waals surface area contributed by atoms with Crippen LogP contribution in [0.5, 0.6) is 0 Å². The second-order valence-corrected chi connectivity index (χ2v) is 6.93. The molecule has 0 aromatic heterocycles. The quantitative estimate of drug-likeness (QED) is 0.867. The van der Waals surface area contributed by atoms with Gasteiger partial charge in [0.1, 0.15) is 0 Å². The lowest BCUT2D eigenvalue weighted by Crippen LogP contribution is -2.34. The van der Waals surface area contributed by atoms with Crippen molar-refractivity contribution in [3.05, 3.63) is 35.4 Å².